The number of aliphatic hydroxyl groups excluding tert-OH is 1. The number of nitrogens with zero attached hydrogens (tertiary/aromatic N) is 1. The lowest BCUT2D eigenvalue weighted by molar-refractivity contribution is 0.223. The summed E-state index contributed by atoms with van der Waals surface area (Å²) in [5.41, 5.74) is 2.28. The van der Waals surface area contributed by atoms with Gasteiger partial charge in [-0.2, -0.15) is 11.8 Å². The molecule has 1 atom stereocenters. The van der Waals surface area contributed by atoms with Crippen LogP contribution in [-0.2, 0) is 12.2 Å². The first-order valence-electron chi connectivity index (χ1n) is 5.62. The number of hydrogen-bond donors (Lipinski definition) is 1. The highest BCUT2D eigenvalue weighted by Crippen LogP contribution is 2.36. The topological polar surface area (TPSA) is 33.1 Å². The first-order chi connectivity index (χ1) is 8.34. The summed E-state index contributed by atoms with van der Waals surface area (Å²) in [4.78, 5) is 6.55. The van der Waals surface area contributed by atoms with Crippen molar-refractivity contribution in [3.8, 4) is 0 Å². The first kappa shape index (κ1) is 11.3. The van der Waals surface area contributed by atoms with E-state index in [1.165, 1.54) is 16.2 Å². The predicted molar refractivity (Wildman–Crippen MR) is 72.5 cm³/mol. The van der Waals surface area contributed by atoms with E-state index in [4.69, 9.17) is 0 Å². The van der Waals surface area contributed by atoms with Crippen molar-refractivity contribution in [1.29, 1.82) is 0 Å². The molecule has 1 unspecified atom stereocenters. The smallest absolute Gasteiger partial charge is 0.115 e. The van der Waals surface area contributed by atoms with Crippen LogP contribution in [0.3, 0.4) is 0 Å². The second-order valence-electron chi connectivity index (χ2n) is 4.09. The number of pyridine rings is 1. The van der Waals surface area contributed by atoms with Crippen LogP contribution in [0.5, 0.6) is 0 Å². The minimum atomic E-state index is -0.524. The fourth-order valence-electron chi connectivity index (χ4n) is 2.01. The zero-order chi connectivity index (χ0) is 11.7. The molecule has 0 radical (unpaired) electrons. The monoisotopic (exact) mass is 263 g/mol. The van der Waals surface area contributed by atoms with Crippen LogP contribution >= 0.6 is 23.1 Å². The number of aliphatic hydroxyl groups is 1. The molecule has 17 heavy (non-hydrogen) atoms. The summed E-state index contributed by atoms with van der Waals surface area (Å²) in [6, 6.07) is 5.94. The molecule has 3 rings (SSSR count). The lowest BCUT2D eigenvalue weighted by Gasteiger charge is -2.08. The Labute approximate surface area is 109 Å². The molecule has 0 saturated heterocycles. The van der Waals surface area contributed by atoms with E-state index in [2.05, 4.69) is 11.1 Å². The zero-order valence-corrected chi connectivity index (χ0v) is 10.9. The first-order valence-corrected chi connectivity index (χ1v) is 7.59. The fraction of sp³-hybridized carbons (Fsp3) is 0.308. The van der Waals surface area contributed by atoms with E-state index in [0.29, 0.717) is 0 Å². The van der Waals surface area contributed by atoms with Crippen molar-refractivity contribution in [2.24, 2.45) is 0 Å². The van der Waals surface area contributed by atoms with Gasteiger partial charge in [-0.15, -0.1) is 11.3 Å². The lowest BCUT2D eigenvalue weighted by Crippen LogP contribution is -1.97. The Bertz CT molecular complexity index is 486. The van der Waals surface area contributed by atoms with Gasteiger partial charge in [0.15, 0.2) is 0 Å². The van der Waals surface area contributed by atoms with Gasteiger partial charge < -0.3 is 5.11 Å². The number of aromatic nitrogens is 1. The van der Waals surface area contributed by atoms with E-state index in [1.54, 1.807) is 23.7 Å². The van der Waals surface area contributed by atoms with Gasteiger partial charge in [-0.3, -0.25) is 4.98 Å². The molecule has 1 aliphatic heterocycles. The zero-order valence-electron chi connectivity index (χ0n) is 9.30. The van der Waals surface area contributed by atoms with Gasteiger partial charge in [0.1, 0.15) is 6.10 Å². The third kappa shape index (κ3) is 2.25. The summed E-state index contributed by atoms with van der Waals surface area (Å²) in [5.74, 6) is 2.29. The van der Waals surface area contributed by atoms with Crippen molar-refractivity contribution in [2.75, 3.05) is 5.75 Å². The van der Waals surface area contributed by atoms with Crippen molar-refractivity contribution in [1.82, 2.24) is 4.98 Å². The lowest BCUT2D eigenvalue weighted by atomic mass is 10.1. The summed E-state index contributed by atoms with van der Waals surface area (Å²) in [7, 11) is 0. The molecular weight excluding hydrogens is 250 g/mol. The highest BCUT2D eigenvalue weighted by Gasteiger charge is 2.18. The van der Waals surface area contributed by atoms with Crippen LogP contribution in [0, 0.1) is 0 Å². The molecule has 1 aliphatic rings. The molecule has 1 N–H and O–H groups in total. The van der Waals surface area contributed by atoms with Crippen LogP contribution in [-0.4, -0.2) is 15.8 Å². The average Bonchev–Trinajstić information content (AvgIpc) is 2.82. The molecule has 2 aromatic heterocycles. The molecule has 3 heterocycles. The molecule has 0 spiro atoms. The fourth-order valence-corrected chi connectivity index (χ4v) is 4.40. The van der Waals surface area contributed by atoms with Crippen molar-refractivity contribution in [3.63, 3.8) is 0 Å². The van der Waals surface area contributed by atoms with E-state index in [9.17, 15) is 5.11 Å². The highest BCUT2D eigenvalue weighted by atomic mass is 32.2. The van der Waals surface area contributed by atoms with E-state index >= 15 is 0 Å². The minimum Gasteiger partial charge on any atom is -0.383 e. The summed E-state index contributed by atoms with van der Waals surface area (Å²) in [6.07, 6.45) is 4.08. The third-order valence-corrected chi connectivity index (χ3v) is 5.21. The highest BCUT2D eigenvalue weighted by molar-refractivity contribution is 7.98. The SMILES string of the molecule is OC(c1cccnc1)c1cc2c(s1)CCSC2. The van der Waals surface area contributed by atoms with Gasteiger partial charge in [0.25, 0.3) is 0 Å². The van der Waals surface area contributed by atoms with Crippen LogP contribution in [0.4, 0.5) is 0 Å². The Hall–Kier alpha value is -0.840. The Kier molecular flexibility index (Phi) is 3.18. The van der Waals surface area contributed by atoms with Crippen LogP contribution in [0.25, 0.3) is 0 Å². The molecule has 4 heteroatoms. The van der Waals surface area contributed by atoms with Gasteiger partial charge in [-0.1, -0.05) is 6.07 Å². The van der Waals surface area contributed by atoms with E-state index in [0.717, 1.165) is 22.6 Å². The quantitative estimate of drug-likeness (QED) is 0.904. The van der Waals surface area contributed by atoms with Gasteiger partial charge >= 0.3 is 0 Å². The average molecular weight is 263 g/mol. The predicted octanol–water partition coefficient (Wildman–Crippen LogP) is 3.01. The Morgan fingerprint density at radius 3 is 3.12 bits per heavy atom. The third-order valence-electron chi connectivity index (χ3n) is 2.92. The number of fused-ring (bicyclic) bond motifs is 1. The van der Waals surface area contributed by atoms with Crippen LogP contribution in [0.1, 0.15) is 27.0 Å². The van der Waals surface area contributed by atoms with Crippen LogP contribution < -0.4 is 0 Å². The van der Waals surface area contributed by atoms with Crippen LogP contribution in [0.2, 0.25) is 0 Å². The van der Waals surface area contributed by atoms with Gasteiger partial charge in [0.2, 0.25) is 0 Å². The Morgan fingerprint density at radius 2 is 2.35 bits per heavy atom. The maximum atomic E-state index is 10.3. The number of thioether (sulfide) groups is 1. The molecule has 0 aliphatic carbocycles. The maximum Gasteiger partial charge on any atom is 0.115 e. The largest absolute Gasteiger partial charge is 0.383 e. The van der Waals surface area contributed by atoms with Gasteiger partial charge in [0, 0.05) is 33.5 Å². The van der Waals surface area contributed by atoms with Crippen molar-refractivity contribution >= 4 is 23.1 Å². The molecule has 0 fully saturated rings. The van der Waals surface area contributed by atoms with E-state index in [-0.39, 0.29) is 0 Å². The van der Waals surface area contributed by atoms with Crippen molar-refractivity contribution in [3.05, 3.63) is 51.5 Å². The summed E-state index contributed by atoms with van der Waals surface area (Å²) >= 11 is 3.72. The van der Waals surface area contributed by atoms with Crippen molar-refractivity contribution in [2.45, 2.75) is 18.3 Å². The molecule has 88 valence electrons. The maximum absolute atomic E-state index is 10.3. The molecule has 0 amide bonds. The molecule has 0 saturated carbocycles. The van der Waals surface area contributed by atoms with E-state index in [1.807, 2.05) is 23.9 Å². The standard InChI is InChI=1S/C13H13NOS2/c15-13(9-2-1-4-14-7-9)12-6-10-8-16-5-3-11(10)17-12/h1-2,4,6-7,13,15H,3,5,8H2. The number of thiophene rings is 1. The number of aryl methyl sites for hydroxylation is 1. The summed E-state index contributed by atoms with van der Waals surface area (Å²) < 4.78 is 0. The second kappa shape index (κ2) is 4.80. The van der Waals surface area contributed by atoms with Gasteiger partial charge in [-0.05, 0) is 29.9 Å². The van der Waals surface area contributed by atoms with Crippen LogP contribution in [0.15, 0.2) is 30.6 Å². The van der Waals surface area contributed by atoms with Gasteiger partial charge in [0.05, 0.1) is 0 Å². The van der Waals surface area contributed by atoms with E-state index < -0.39 is 6.10 Å². The number of hydrogen-bond acceptors (Lipinski definition) is 4. The van der Waals surface area contributed by atoms with Crippen molar-refractivity contribution < 1.29 is 5.11 Å². The molecule has 0 bridgehead atoms. The summed E-state index contributed by atoms with van der Waals surface area (Å²) in [6.45, 7) is 0. The molecule has 2 aromatic rings. The molecule has 2 nitrogen and oxygen atoms in total. The van der Waals surface area contributed by atoms with Gasteiger partial charge in [-0.25, -0.2) is 0 Å². The normalized spacial score (nSPS) is 16.5. The molecule has 0 aromatic carbocycles. The number of rotatable bonds is 2. The second-order valence-corrected chi connectivity index (χ2v) is 6.36. The summed E-state index contributed by atoms with van der Waals surface area (Å²) in [5, 5.41) is 10.3. The Morgan fingerprint density at radius 1 is 1.41 bits per heavy atom. The molecular formula is C13H13NOS2. The Balaban J connectivity index is 1.91. The minimum absolute atomic E-state index is 0.524.